The molecule has 0 aromatic heterocycles. The lowest BCUT2D eigenvalue weighted by atomic mass is 9.74. The smallest absolute Gasteiger partial charge is 0.0576 e. The van der Waals surface area contributed by atoms with Gasteiger partial charge >= 0.3 is 0 Å². The molecule has 1 atom stereocenters. The number of aliphatic hydroxyl groups excluding tert-OH is 2. The quantitative estimate of drug-likeness (QED) is 0.708. The summed E-state index contributed by atoms with van der Waals surface area (Å²) < 4.78 is 5.55. The summed E-state index contributed by atoms with van der Waals surface area (Å²) >= 11 is 0. The number of ether oxygens (including phenoxy) is 1. The Kier molecular flexibility index (Phi) is 5.03. The Morgan fingerprint density at radius 3 is 2.40 bits per heavy atom. The van der Waals surface area contributed by atoms with Crippen LogP contribution in [0.4, 0.5) is 0 Å². The van der Waals surface area contributed by atoms with Crippen LogP contribution in [0.1, 0.15) is 39.5 Å². The number of rotatable bonds is 6. The minimum atomic E-state index is -0.327. The average Bonchev–Trinajstić information content (AvgIpc) is 2.72. The van der Waals surface area contributed by atoms with Gasteiger partial charge in [-0.05, 0) is 31.6 Å². The van der Waals surface area contributed by atoms with Crippen LogP contribution in [-0.2, 0) is 4.74 Å². The van der Waals surface area contributed by atoms with Crippen molar-refractivity contribution in [2.75, 3.05) is 19.8 Å². The Morgan fingerprint density at radius 1 is 1.33 bits per heavy atom. The largest absolute Gasteiger partial charge is 0.396 e. The predicted octanol–water partition coefficient (Wildman–Crippen LogP) is 1.57. The van der Waals surface area contributed by atoms with Crippen LogP contribution in [0.3, 0.4) is 0 Å². The lowest BCUT2D eigenvalue weighted by molar-refractivity contribution is -0.00573. The molecular formula is C12H24O3. The van der Waals surface area contributed by atoms with E-state index in [0.29, 0.717) is 12.0 Å². The SMILES string of the molecule is CC(C)C(CO)(CO)CCC1CCCO1. The molecule has 0 aromatic rings. The van der Waals surface area contributed by atoms with Crippen molar-refractivity contribution in [3.63, 3.8) is 0 Å². The summed E-state index contributed by atoms with van der Waals surface area (Å²) in [6.07, 6.45) is 4.44. The molecule has 0 aliphatic carbocycles. The van der Waals surface area contributed by atoms with Crippen LogP contribution in [0, 0.1) is 11.3 Å². The fraction of sp³-hybridized carbons (Fsp3) is 1.00. The van der Waals surface area contributed by atoms with Gasteiger partial charge < -0.3 is 14.9 Å². The second kappa shape index (κ2) is 5.83. The zero-order chi connectivity index (χ0) is 11.3. The van der Waals surface area contributed by atoms with Crippen LogP contribution >= 0.6 is 0 Å². The van der Waals surface area contributed by atoms with E-state index in [1.54, 1.807) is 0 Å². The third-order valence-electron chi connectivity index (χ3n) is 3.84. The van der Waals surface area contributed by atoms with Crippen LogP contribution in [0.5, 0.6) is 0 Å². The molecule has 90 valence electrons. The molecule has 1 rings (SSSR count). The van der Waals surface area contributed by atoms with E-state index in [9.17, 15) is 10.2 Å². The highest BCUT2D eigenvalue weighted by molar-refractivity contribution is 4.83. The molecule has 3 heteroatoms. The highest BCUT2D eigenvalue weighted by Crippen LogP contribution is 2.34. The second-order valence-electron chi connectivity index (χ2n) is 5.01. The summed E-state index contributed by atoms with van der Waals surface area (Å²) in [5, 5.41) is 18.8. The van der Waals surface area contributed by atoms with Crippen molar-refractivity contribution in [3.8, 4) is 0 Å². The van der Waals surface area contributed by atoms with E-state index in [4.69, 9.17) is 4.74 Å². The van der Waals surface area contributed by atoms with Gasteiger partial charge in [-0.15, -0.1) is 0 Å². The van der Waals surface area contributed by atoms with Crippen LogP contribution in [0.25, 0.3) is 0 Å². The lowest BCUT2D eigenvalue weighted by Gasteiger charge is -2.34. The maximum atomic E-state index is 9.42. The normalized spacial score (nSPS) is 22.6. The highest BCUT2D eigenvalue weighted by atomic mass is 16.5. The van der Waals surface area contributed by atoms with E-state index in [2.05, 4.69) is 13.8 Å². The molecule has 1 unspecified atom stereocenters. The van der Waals surface area contributed by atoms with Gasteiger partial charge in [0.05, 0.1) is 19.3 Å². The molecule has 1 aliphatic heterocycles. The minimum absolute atomic E-state index is 0.0634. The molecule has 0 spiro atoms. The summed E-state index contributed by atoms with van der Waals surface area (Å²) in [6, 6.07) is 0. The van der Waals surface area contributed by atoms with E-state index in [1.807, 2.05) is 0 Å². The standard InChI is InChI=1S/C12H24O3/c1-10(2)12(8-13,9-14)6-5-11-4-3-7-15-11/h10-11,13-14H,3-9H2,1-2H3. The molecule has 3 nitrogen and oxygen atoms in total. The zero-order valence-corrected chi connectivity index (χ0v) is 9.91. The molecule has 1 aliphatic rings. The Hall–Kier alpha value is -0.120. The summed E-state index contributed by atoms with van der Waals surface area (Å²) in [5.41, 5.74) is -0.327. The maximum Gasteiger partial charge on any atom is 0.0576 e. The molecule has 0 amide bonds. The lowest BCUT2D eigenvalue weighted by Crippen LogP contribution is -2.36. The van der Waals surface area contributed by atoms with Crippen molar-refractivity contribution >= 4 is 0 Å². The van der Waals surface area contributed by atoms with Crippen LogP contribution in [0.2, 0.25) is 0 Å². The molecule has 1 fully saturated rings. The van der Waals surface area contributed by atoms with Crippen molar-refractivity contribution in [2.45, 2.75) is 45.6 Å². The molecule has 1 heterocycles. The van der Waals surface area contributed by atoms with Gasteiger partial charge in [-0.1, -0.05) is 13.8 Å². The Balaban J connectivity index is 2.42. The monoisotopic (exact) mass is 216 g/mol. The molecule has 15 heavy (non-hydrogen) atoms. The number of hydrogen-bond acceptors (Lipinski definition) is 3. The first kappa shape index (κ1) is 12.9. The summed E-state index contributed by atoms with van der Waals surface area (Å²) in [6.45, 7) is 5.11. The summed E-state index contributed by atoms with van der Waals surface area (Å²) in [4.78, 5) is 0. The van der Waals surface area contributed by atoms with Crippen LogP contribution in [-0.4, -0.2) is 36.1 Å². The van der Waals surface area contributed by atoms with Gasteiger partial charge in [-0.2, -0.15) is 0 Å². The first-order valence-corrected chi connectivity index (χ1v) is 5.98. The summed E-state index contributed by atoms with van der Waals surface area (Å²) in [7, 11) is 0. The Labute approximate surface area is 92.4 Å². The van der Waals surface area contributed by atoms with Crippen molar-refractivity contribution < 1.29 is 14.9 Å². The first-order chi connectivity index (χ1) is 7.14. The Bertz CT molecular complexity index is 170. The maximum absolute atomic E-state index is 9.42. The van der Waals surface area contributed by atoms with Gasteiger partial charge in [-0.25, -0.2) is 0 Å². The average molecular weight is 216 g/mol. The van der Waals surface area contributed by atoms with E-state index < -0.39 is 0 Å². The minimum Gasteiger partial charge on any atom is -0.396 e. The van der Waals surface area contributed by atoms with Crippen LogP contribution in [0.15, 0.2) is 0 Å². The van der Waals surface area contributed by atoms with Gasteiger partial charge in [0.15, 0.2) is 0 Å². The van der Waals surface area contributed by atoms with Crippen LogP contribution < -0.4 is 0 Å². The molecular weight excluding hydrogens is 192 g/mol. The second-order valence-corrected chi connectivity index (χ2v) is 5.01. The van der Waals surface area contributed by atoms with Gasteiger partial charge in [0.25, 0.3) is 0 Å². The van der Waals surface area contributed by atoms with Crippen molar-refractivity contribution in [3.05, 3.63) is 0 Å². The van der Waals surface area contributed by atoms with Crippen molar-refractivity contribution in [2.24, 2.45) is 11.3 Å². The van der Waals surface area contributed by atoms with Gasteiger partial charge in [0, 0.05) is 12.0 Å². The van der Waals surface area contributed by atoms with E-state index in [0.717, 1.165) is 32.3 Å². The first-order valence-electron chi connectivity index (χ1n) is 5.98. The highest BCUT2D eigenvalue weighted by Gasteiger charge is 2.33. The fourth-order valence-electron chi connectivity index (χ4n) is 2.18. The Morgan fingerprint density at radius 2 is 2.00 bits per heavy atom. The fourth-order valence-corrected chi connectivity index (χ4v) is 2.18. The van der Waals surface area contributed by atoms with Gasteiger partial charge in [-0.3, -0.25) is 0 Å². The number of aliphatic hydroxyl groups is 2. The summed E-state index contributed by atoms with van der Waals surface area (Å²) in [5.74, 6) is 0.300. The zero-order valence-electron chi connectivity index (χ0n) is 9.91. The van der Waals surface area contributed by atoms with Crippen molar-refractivity contribution in [1.29, 1.82) is 0 Å². The molecule has 1 saturated heterocycles. The number of hydrogen-bond donors (Lipinski definition) is 2. The van der Waals surface area contributed by atoms with E-state index in [-0.39, 0.29) is 18.6 Å². The third kappa shape index (κ3) is 3.16. The van der Waals surface area contributed by atoms with E-state index >= 15 is 0 Å². The molecule has 2 N–H and O–H groups in total. The van der Waals surface area contributed by atoms with E-state index in [1.165, 1.54) is 0 Å². The molecule has 0 saturated carbocycles. The van der Waals surface area contributed by atoms with Crippen molar-refractivity contribution in [1.82, 2.24) is 0 Å². The molecule has 0 aromatic carbocycles. The predicted molar refractivity (Wildman–Crippen MR) is 59.7 cm³/mol. The van der Waals surface area contributed by atoms with Gasteiger partial charge in [0.1, 0.15) is 0 Å². The molecule has 0 bridgehead atoms. The third-order valence-corrected chi connectivity index (χ3v) is 3.84. The molecule has 0 radical (unpaired) electrons. The van der Waals surface area contributed by atoms with Gasteiger partial charge in [0.2, 0.25) is 0 Å². The topological polar surface area (TPSA) is 49.7 Å².